The summed E-state index contributed by atoms with van der Waals surface area (Å²) in [6.07, 6.45) is 0.285. The summed E-state index contributed by atoms with van der Waals surface area (Å²) < 4.78 is 5.34. The lowest BCUT2D eigenvalue weighted by Gasteiger charge is -2.16. The van der Waals surface area contributed by atoms with E-state index in [0.717, 1.165) is 17.6 Å². The van der Waals surface area contributed by atoms with Gasteiger partial charge in [-0.05, 0) is 49.7 Å². The number of nitrogens with zero attached hydrogens (tertiary/aromatic N) is 3. The molecule has 1 aliphatic heterocycles. The summed E-state index contributed by atoms with van der Waals surface area (Å²) >= 11 is 0. The highest BCUT2D eigenvalue weighted by Gasteiger charge is 2.24. The van der Waals surface area contributed by atoms with Crippen molar-refractivity contribution in [2.24, 2.45) is 0 Å². The van der Waals surface area contributed by atoms with Crippen LogP contribution in [0.15, 0.2) is 54.3 Å². The topological polar surface area (TPSA) is 119 Å². The average molecular weight is 416 g/mol. The van der Waals surface area contributed by atoms with E-state index in [-0.39, 0.29) is 22.9 Å². The van der Waals surface area contributed by atoms with Crippen LogP contribution in [0.1, 0.15) is 35.9 Å². The summed E-state index contributed by atoms with van der Waals surface area (Å²) in [5.41, 5.74) is 2.28. The Balaban J connectivity index is 1.50. The Morgan fingerprint density at radius 1 is 1.26 bits per heavy atom. The molecule has 0 bridgehead atoms. The second-order valence-electron chi connectivity index (χ2n) is 7.22. The average Bonchev–Trinajstić information content (AvgIpc) is 3.40. The first kappa shape index (κ1) is 20.2. The number of hydrogen-bond donors (Lipinski definition) is 2. The number of rotatable bonds is 5. The predicted molar refractivity (Wildman–Crippen MR) is 114 cm³/mol. The van der Waals surface area contributed by atoms with Crippen molar-refractivity contribution in [1.82, 2.24) is 9.97 Å². The quantitative estimate of drug-likeness (QED) is 0.372. The summed E-state index contributed by atoms with van der Waals surface area (Å²) in [6, 6.07) is 15.7. The largest absolute Gasteiger partial charge is 0.507 e. The van der Waals surface area contributed by atoms with Gasteiger partial charge in [0.15, 0.2) is 17.7 Å². The van der Waals surface area contributed by atoms with Gasteiger partial charge in [-0.25, -0.2) is 9.78 Å². The maximum Gasteiger partial charge on any atom is 0.338 e. The number of aromatic amines is 1. The molecule has 0 aliphatic carbocycles. The molecule has 0 spiro atoms. The van der Waals surface area contributed by atoms with Crippen molar-refractivity contribution in [1.29, 1.82) is 5.26 Å². The molecular weight excluding hydrogens is 396 g/mol. The molecule has 2 N–H and O–H groups in total. The van der Waals surface area contributed by atoms with Crippen molar-refractivity contribution >= 4 is 34.2 Å². The smallest absolute Gasteiger partial charge is 0.338 e. The molecule has 1 aromatic heterocycles. The van der Waals surface area contributed by atoms with E-state index in [1.54, 1.807) is 41.3 Å². The molecule has 0 saturated carbocycles. The molecule has 2 heterocycles. The van der Waals surface area contributed by atoms with E-state index in [4.69, 9.17) is 4.74 Å². The van der Waals surface area contributed by atoms with Crippen LogP contribution in [0.2, 0.25) is 0 Å². The second-order valence-corrected chi connectivity index (χ2v) is 7.22. The maximum absolute atomic E-state index is 12.5. The van der Waals surface area contributed by atoms with Crippen molar-refractivity contribution in [2.75, 3.05) is 11.4 Å². The van der Waals surface area contributed by atoms with E-state index < -0.39 is 17.8 Å². The van der Waals surface area contributed by atoms with Gasteiger partial charge in [0.2, 0.25) is 5.91 Å². The second kappa shape index (κ2) is 8.32. The van der Waals surface area contributed by atoms with Crippen LogP contribution in [0, 0.1) is 11.3 Å². The number of esters is 1. The standard InChI is InChI=1S/C23H20N4O4/c1-14(21(29)17(13-24)22-25-18-5-2-3-6-19(18)26-22)31-23(30)15-8-10-16(11-9-15)27-12-4-7-20(27)28/h2-3,5-6,8-11,14,29H,4,7,12H2,1H3,(H,25,26)/b21-17-/t14-/m0/s1. The van der Waals surface area contributed by atoms with Gasteiger partial charge in [0, 0.05) is 18.7 Å². The molecule has 1 fully saturated rings. The number of ether oxygens (including phenoxy) is 1. The number of fused-ring (bicyclic) bond motifs is 1. The van der Waals surface area contributed by atoms with Crippen molar-refractivity contribution in [3.63, 3.8) is 0 Å². The number of anilines is 1. The number of hydrogen-bond acceptors (Lipinski definition) is 6. The number of aromatic nitrogens is 2. The minimum absolute atomic E-state index is 0.0635. The van der Waals surface area contributed by atoms with Gasteiger partial charge in [-0.1, -0.05) is 12.1 Å². The molecule has 8 nitrogen and oxygen atoms in total. The van der Waals surface area contributed by atoms with Gasteiger partial charge in [-0.15, -0.1) is 0 Å². The SMILES string of the molecule is C[C@H](OC(=O)c1ccc(N2CCCC2=O)cc1)/C(O)=C(\C#N)c1nc2ccccc2[nH]1. The normalized spacial score (nSPS) is 15.5. The number of benzene rings is 2. The number of amides is 1. The summed E-state index contributed by atoms with van der Waals surface area (Å²) in [6.45, 7) is 2.14. The van der Waals surface area contributed by atoms with Gasteiger partial charge in [0.05, 0.1) is 16.6 Å². The van der Waals surface area contributed by atoms with Gasteiger partial charge < -0.3 is 19.7 Å². The Bertz CT molecular complexity index is 1190. The van der Waals surface area contributed by atoms with Gasteiger partial charge >= 0.3 is 5.97 Å². The number of nitrogens with one attached hydrogen (secondary N) is 1. The molecule has 4 rings (SSSR count). The Kier molecular flexibility index (Phi) is 5.41. The van der Waals surface area contributed by atoms with E-state index in [1.807, 2.05) is 18.2 Å². The number of aliphatic hydroxyl groups is 1. The fourth-order valence-corrected chi connectivity index (χ4v) is 3.49. The minimum atomic E-state index is -1.06. The fourth-order valence-electron chi connectivity index (χ4n) is 3.49. The van der Waals surface area contributed by atoms with Gasteiger partial charge in [0.25, 0.3) is 0 Å². The van der Waals surface area contributed by atoms with E-state index in [2.05, 4.69) is 9.97 Å². The van der Waals surface area contributed by atoms with Crippen LogP contribution in [0.3, 0.4) is 0 Å². The van der Waals surface area contributed by atoms with Crippen LogP contribution >= 0.6 is 0 Å². The monoisotopic (exact) mass is 416 g/mol. The van der Waals surface area contributed by atoms with Crippen molar-refractivity contribution in [2.45, 2.75) is 25.9 Å². The first-order valence-electron chi connectivity index (χ1n) is 9.87. The lowest BCUT2D eigenvalue weighted by atomic mass is 10.1. The van der Waals surface area contributed by atoms with E-state index in [1.165, 1.54) is 6.92 Å². The third-order valence-corrected chi connectivity index (χ3v) is 5.15. The molecule has 1 aliphatic rings. The zero-order valence-electron chi connectivity index (χ0n) is 16.8. The number of carbonyl (C=O) groups excluding carboxylic acids is 2. The minimum Gasteiger partial charge on any atom is -0.507 e. The first-order valence-corrected chi connectivity index (χ1v) is 9.87. The molecule has 2 aromatic carbocycles. The summed E-state index contributed by atoms with van der Waals surface area (Å²) in [7, 11) is 0. The molecule has 0 unspecified atom stereocenters. The highest BCUT2D eigenvalue weighted by Crippen LogP contribution is 2.24. The Hall–Kier alpha value is -4.12. The molecule has 31 heavy (non-hydrogen) atoms. The summed E-state index contributed by atoms with van der Waals surface area (Å²) in [5, 5.41) is 20.1. The molecule has 1 atom stereocenters. The highest BCUT2D eigenvalue weighted by molar-refractivity contribution is 5.96. The molecule has 8 heteroatoms. The van der Waals surface area contributed by atoms with E-state index in [9.17, 15) is 20.0 Å². The summed E-state index contributed by atoms with van der Waals surface area (Å²) in [4.78, 5) is 33.3. The van der Waals surface area contributed by atoms with Crippen molar-refractivity contribution in [3.05, 3.63) is 65.7 Å². The predicted octanol–water partition coefficient (Wildman–Crippen LogP) is 3.73. The van der Waals surface area contributed by atoms with Crippen LogP contribution in [-0.2, 0) is 9.53 Å². The van der Waals surface area contributed by atoms with E-state index in [0.29, 0.717) is 18.5 Å². The molecule has 0 radical (unpaired) electrons. The number of aliphatic hydroxyl groups excluding tert-OH is 1. The van der Waals surface area contributed by atoms with Crippen molar-refractivity contribution < 1.29 is 19.4 Å². The van der Waals surface area contributed by atoms with Crippen molar-refractivity contribution in [3.8, 4) is 6.07 Å². The molecule has 3 aromatic rings. The van der Waals surface area contributed by atoms with Crippen LogP contribution in [0.25, 0.3) is 16.6 Å². The van der Waals surface area contributed by atoms with Crippen LogP contribution in [0.5, 0.6) is 0 Å². The number of H-pyrrole nitrogens is 1. The van der Waals surface area contributed by atoms with Crippen LogP contribution in [-0.4, -0.2) is 39.6 Å². The van der Waals surface area contributed by atoms with Crippen LogP contribution < -0.4 is 4.90 Å². The third kappa shape index (κ3) is 3.98. The fraction of sp³-hybridized carbons (Fsp3) is 0.217. The Morgan fingerprint density at radius 2 is 2.00 bits per heavy atom. The number of nitriles is 1. The number of para-hydroxylation sites is 2. The maximum atomic E-state index is 12.5. The lowest BCUT2D eigenvalue weighted by molar-refractivity contribution is -0.117. The first-order chi connectivity index (χ1) is 15.0. The molecule has 156 valence electrons. The summed E-state index contributed by atoms with van der Waals surface area (Å²) in [5.74, 6) is -0.785. The Morgan fingerprint density at radius 3 is 2.65 bits per heavy atom. The molecule has 1 amide bonds. The zero-order chi connectivity index (χ0) is 22.0. The van der Waals surface area contributed by atoms with Crippen LogP contribution in [0.4, 0.5) is 5.69 Å². The zero-order valence-corrected chi connectivity index (χ0v) is 16.8. The number of imidazole rings is 1. The Labute approximate surface area is 178 Å². The number of carbonyl (C=O) groups is 2. The van der Waals surface area contributed by atoms with Gasteiger partial charge in [0.1, 0.15) is 11.6 Å². The van der Waals surface area contributed by atoms with E-state index >= 15 is 0 Å². The van der Waals surface area contributed by atoms with Gasteiger partial charge in [-0.3, -0.25) is 4.79 Å². The number of allylic oxidation sites excluding steroid dienone is 1. The third-order valence-electron chi connectivity index (χ3n) is 5.15. The van der Waals surface area contributed by atoms with Gasteiger partial charge in [-0.2, -0.15) is 5.26 Å². The highest BCUT2D eigenvalue weighted by atomic mass is 16.6. The lowest BCUT2D eigenvalue weighted by Crippen LogP contribution is -2.23. The molecular formula is C23H20N4O4. The molecule has 1 saturated heterocycles.